The van der Waals surface area contributed by atoms with Gasteiger partial charge in [0.2, 0.25) is 0 Å². The van der Waals surface area contributed by atoms with Gasteiger partial charge in [0.15, 0.2) is 5.76 Å². The summed E-state index contributed by atoms with van der Waals surface area (Å²) in [6, 6.07) is 12.1. The Bertz CT molecular complexity index is 484. The third kappa shape index (κ3) is 4.40. The summed E-state index contributed by atoms with van der Waals surface area (Å²) in [7, 11) is 2.12. The molecule has 1 aromatic carbocycles. The van der Waals surface area contributed by atoms with Crippen LogP contribution in [0.4, 0.5) is 0 Å². The van der Waals surface area contributed by atoms with E-state index in [9.17, 15) is 0 Å². The lowest BCUT2D eigenvalue weighted by Crippen LogP contribution is -2.19. The molecule has 1 aromatic heterocycles. The van der Waals surface area contributed by atoms with Crippen molar-refractivity contribution in [1.82, 2.24) is 10.1 Å². The Labute approximate surface area is 119 Å². The Kier molecular flexibility index (Phi) is 5.48. The predicted octanol–water partition coefficient (Wildman–Crippen LogP) is 3.53. The van der Waals surface area contributed by atoms with E-state index >= 15 is 0 Å². The lowest BCUT2D eigenvalue weighted by molar-refractivity contribution is 0.274. The number of nitrogens with zero attached hydrogens (tertiary/aromatic N) is 2. The summed E-state index contributed by atoms with van der Waals surface area (Å²) in [5, 5.41) is 4.13. The summed E-state index contributed by atoms with van der Waals surface area (Å²) in [6.07, 6.45) is 3.35. The maximum Gasteiger partial charge on any atom is 0.151 e. The van der Waals surface area contributed by atoms with Gasteiger partial charge in [0.05, 0.1) is 6.54 Å². The normalized spacial score (nSPS) is 11.1. The molecule has 0 bridgehead atoms. The number of rotatable bonds is 7. The molecule has 19 heavy (non-hydrogen) atoms. The molecule has 3 nitrogen and oxygen atoms in total. The summed E-state index contributed by atoms with van der Waals surface area (Å²) in [4.78, 5) is 2.27. The highest BCUT2D eigenvalue weighted by molar-refractivity contribution is 7.98. The molecule has 1 heterocycles. The summed E-state index contributed by atoms with van der Waals surface area (Å²) in [5.74, 6) is 2.13. The minimum atomic E-state index is 0.814. The average Bonchev–Trinajstić information content (AvgIpc) is 2.88. The molecule has 0 N–H and O–H groups in total. The van der Waals surface area contributed by atoms with Crippen LogP contribution in [0.15, 0.2) is 40.9 Å². The van der Waals surface area contributed by atoms with Gasteiger partial charge >= 0.3 is 0 Å². The molecule has 2 rings (SSSR count). The van der Waals surface area contributed by atoms with E-state index in [-0.39, 0.29) is 0 Å². The molecule has 102 valence electrons. The van der Waals surface area contributed by atoms with Gasteiger partial charge < -0.3 is 4.52 Å². The second kappa shape index (κ2) is 7.36. The van der Waals surface area contributed by atoms with Crippen LogP contribution in [0.5, 0.6) is 0 Å². The van der Waals surface area contributed by atoms with Crippen LogP contribution in [0.3, 0.4) is 0 Å². The van der Waals surface area contributed by atoms with Gasteiger partial charge in [0, 0.05) is 11.6 Å². The fourth-order valence-electron chi connectivity index (χ4n) is 1.96. The minimum absolute atomic E-state index is 0.814. The third-order valence-corrected chi connectivity index (χ3v) is 3.64. The fourth-order valence-corrected chi connectivity index (χ4v) is 2.37. The summed E-state index contributed by atoms with van der Waals surface area (Å²) in [6.45, 7) is 1.90. The molecule has 0 saturated heterocycles. The van der Waals surface area contributed by atoms with Crippen molar-refractivity contribution in [3.63, 3.8) is 0 Å². The SMILES string of the molecule is CSCCCN(C)Cc1cc(-c2ccccc2)no1. The monoisotopic (exact) mass is 276 g/mol. The molecule has 0 atom stereocenters. The number of hydrogen-bond acceptors (Lipinski definition) is 4. The molecule has 0 spiro atoms. The van der Waals surface area contributed by atoms with Crippen molar-refractivity contribution < 1.29 is 4.52 Å². The van der Waals surface area contributed by atoms with E-state index in [1.807, 2.05) is 48.2 Å². The molecule has 4 heteroatoms. The van der Waals surface area contributed by atoms with E-state index < -0.39 is 0 Å². The predicted molar refractivity (Wildman–Crippen MR) is 81.3 cm³/mol. The quantitative estimate of drug-likeness (QED) is 0.724. The second-order valence-corrected chi connectivity index (χ2v) is 5.61. The molecular weight excluding hydrogens is 256 g/mol. The number of benzene rings is 1. The van der Waals surface area contributed by atoms with Gasteiger partial charge in [-0.05, 0) is 32.0 Å². The van der Waals surface area contributed by atoms with Crippen LogP contribution in [0.2, 0.25) is 0 Å². The first-order valence-electron chi connectivity index (χ1n) is 6.48. The Morgan fingerprint density at radius 2 is 2.05 bits per heavy atom. The van der Waals surface area contributed by atoms with E-state index in [1.54, 1.807) is 0 Å². The number of thioether (sulfide) groups is 1. The van der Waals surface area contributed by atoms with E-state index in [4.69, 9.17) is 4.52 Å². The van der Waals surface area contributed by atoms with Gasteiger partial charge in [-0.25, -0.2) is 0 Å². The lowest BCUT2D eigenvalue weighted by Gasteiger charge is -2.13. The molecule has 2 aromatic rings. The first-order chi connectivity index (χ1) is 9.29. The van der Waals surface area contributed by atoms with Crippen LogP contribution in [0.1, 0.15) is 12.2 Å². The molecule has 0 unspecified atom stereocenters. The van der Waals surface area contributed by atoms with Crippen molar-refractivity contribution in [2.45, 2.75) is 13.0 Å². The molecule has 0 saturated carbocycles. The van der Waals surface area contributed by atoms with Gasteiger partial charge in [-0.2, -0.15) is 11.8 Å². The highest BCUT2D eigenvalue weighted by atomic mass is 32.2. The minimum Gasteiger partial charge on any atom is -0.359 e. The Morgan fingerprint density at radius 3 is 2.79 bits per heavy atom. The maximum absolute atomic E-state index is 5.40. The van der Waals surface area contributed by atoms with Gasteiger partial charge in [-0.1, -0.05) is 35.5 Å². The first kappa shape index (κ1) is 14.2. The van der Waals surface area contributed by atoms with Crippen LogP contribution in [0.25, 0.3) is 11.3 Å². The first-order valence-corrected chi connectivity index (χ1v) is 7.87. The molecule has 0 amide bonds. The molecular formula is C15H20N2OS. The zero-order valence-electron chi connectivity index (χ0n) is 11.5. The molecule has 0 fully saturated rings. The maximum atomic E-state index is 5.40. The smallest absolute Gasteiger partial charge is 0.151 e. The van der Waals surface area contributed by atoms with Crippen molar-refractivity contribution in [1.29, 1.82) is 0 Å². The highest BCUT2D eigenvalue weighted by Crippen LogP contribution is 2.19. The van der Waals surface area contributed by atoms with Crippen molar-refractivity contribution in [2.75, 3.05) is 25.6 Å². The van der Waals surface area contributed by atoms with Crippen molar-refractivity contribution in [2.24, 2.45) is 0 Å². The van der Waals surface area contributed by atoms with Gasteiger partial charge in [-0.15, -0.1) is 0 Å². The third-order valence-electron chi connectivity index (χ3n) is 2.94. The zero-order chi connectivity index (χ0) is 13.5. The Morgan fingerprint density at radius 1 is 1.26 bits per heavy atom. The van der Waals surface area contributed by atoms with Crippen molar-refractivity contribution in [3.8, 4) is 11.3 Å². The highest BCUT2D eigenvalue weighted by Gasteiger charge is 2.08. The largest absolute Gasteiger partial charge is 0.359 e. The van der Waals surface area contributed by atoms with E-state index in [1.165, 1.54) is 12.2 Å². The number of aromatic nitrogens is 1. The Hall–Kier alpha value is -1.26. The average molecular weight is 276 g/mol. The zero-order valence-corrected chi connectivity index (χ0v) is 12.3. The molecule has 0 aliphatic carbocycles. The van der Waals surface area contributed by atoms with Gasteiger partial charge in [0.25, 0.3) is 0 Å². The van der Waals surface area contributed by atoms with Crippen LogP contribution in [0, 0.1) is 0 Å². The molecule has 0 aliphatic heterocycles. The van der Waals surface area contributed by atoms with E-state index in [0.29, 0.717) is 0 Å². The summed E-state index contributed by atoms with van der Waals surface area (Å²) in [5.41, 5.74) is 2.01. The summed E-state index contributed by atoms with van der Waals surface area (Å²) < 4.78 is 5.40. The molecule has 0 aliphatic rings. The lowest BCUT2D eigenvalue weighted by atomic mass is 10.1. The van der Waals surface area contributed by atoms with Crippen LogP contribution in [-0.4, -0.2) is 35.7 Å². The fraction of sp³-hybridized carbons (Fsp3) is 0.400. The van der Waals surface area contributed by atoms with Crippen LogP contribution >= 0.6 is 11.8 Å². The van der Waals surface area contributed by atoms with Crippen LogP contribution < -0.4 is 0 Å². The van der Waals surface area contributed by atoms with Gasteiger partial charge in [-0.3, -0.25) is 4.90 Å². The van der Waals surface area contributed by atoms with Crippen LogP contribution in [-0.2, 0) is 6.54 Å². The van der Waals surface area contributed by atoms with E-state index in [2.05, 4.69) is 23.4 Å². The standard InChI is InChI=1S/C15H20N2OS/c1-17(9-6-10-19-2)12-14-11-15(16-18-14)13-7-4-3-5-8-13/h3-5,7-8,11H,6,9-10,12H2,1-2H3. The summed E-state index contributed by atoms with van der Waals surface area (Å²) >= 11 is 1.89. The second-order valence-electron chi connectivity index (χ2n) is 4.63. The molecule has 0 radical (unpaired) electrons. The number of hydrogen-bond donors (Lipinski definition) is 0. The van der Waals surface area contributed by atoms with Crippen molar-refractivity contribution >= 4 is 11.8 Å². The van der Waals surface area contributed by atoms with Crippen molar-refractivity contribution in [3.05, 3.63) is 42.2 Å². The van der Waals surface area contributed by atoms with Gasteiger partial charge in [0.1, 0.15) is 5.69 Å². The topological polar surface area (TPSA) is 29.3 Å². The van der Waals surface area contributed by atoms with E-state index in [0.717, 1.165) is 30.1 Å². The Balaban J connectivity index is 1.91.